The standard InChI is InChI=1S/C26H29N5O3S/c1-4-34-22-8-6-5-7-19(22)17(2)11-24(32)29-26-21(12-27)20-9-10-31(14-23(20)35-26)25(33)15-30-13-18(3)28-16-30/h5-8,13,16-17H,4,9-11,14-15H2,1-3H3,(H,29,32). The monoisotopic (exact) mass is 491 g/mol. The number of nitrogens with zero attached hydrogens (tertiary/aromatic N) is 4. The lowest BCUT2D eigenvalue weighted by molar-refractivity contribution is -0.132. The molecular weight excluding hydrogens is 462 g/mol. The number of rotatable bonds is 8. The molecule has 4 rings (SSSR count). The molecule has 35 heavy (non-hydrogen) atoms. The van der Waals surface area contributed by atoms with E-state index in [0.717, 1.165) is 27.4 Å². The molecule has 182 valence electrons. The third kappa shape index (κ3) is 5.54. The van der Waals surface area contributed by atoms with Crippen molar-refractivity contribution in [2.75, 3.05) is 18.5 Å². The number of hydrogen-bond donors (Lipinski definition) is 1. The van der Waals surface area contributed by atoms with E-state index in [4.69, 9.17) is 4.74 Å². The van der Waals surface area contributed by atoms with Gasteiger partial charge >= 0.3 is 0 Å². The van der Waals surface area contributed by atoms with Crippen LogP contribution in [0.1, 0.15) is 53.4 Å². The first-order chi connectivity index (χ1) is 16.9. The fourth-order valence-electron chi connectivity index (χ4n) is 4.38. The van der Waals surface area contributed by atoms with Gasteiger partial charge in [0.25, 0.3) is 0 Å². The van der Waals surface area contributed by atoms with Crippen molar-refractivity contribution in [2.24, 2.45) is 0 Å². The number of anilines is 1. The number of para-hydroxylation sites is 1. The first-order valence-electron chi connectivity index (χ1n) is 11.7. The Morgan fingerprint density at radius 2 is 2.14 bits per heavy atom. The van der Waals surface area contributed by atoms with E-state index in [1.54, 1.807) is 15.8 Å². The molecule has 0 radical (unpaired) electrons. The molecule has 2 amide bonds. The lowest BCUT2D eigenvalue weighted by Gasteiger charge is -2.27. The van der Waals surface area contributed by atoms with Crippen molar-refractivity contribution >= 4 is 28.2 Å². The summed E-state index contributed by atoms with van der Waals surface area (Å²) in [7, 11) is 0. The van der Waals surface area contributed by atoms with Crippen molar-refractivity contribution in [1.82, 2.24) is 14.5 Å². The average molecular weight is 492 g/mol. The molecule has 0 saturated carbocycles. The number of aromatic nitrogens is 2. The van der Waals surface area contributed by atoms with E-state index in [9.17, 15) is 14.9 Å². The molecule has 1 aliphatic rings. The van der Waals surface area contributed by atoms with Crippen LogP contribution < -0.4 is 10.1 Å². The fourth-order valence-corrected chi connectivity index (χ4v) is 5.61. The van der Waals surface area contributed by atoms with Gasteiger partial charge in [0, 0.05) is 24.0 Å². The van der Waals surface area contributed by atoms with Crippen LogP contribution in [-0.2, 0) is 29.1 Å². The number of carbonyl (C=O) groups excluding carboxylic acids is 2. The normalized spacial score (nSPS) is 13.6. The number of ether oxygens (including phenoxy) is 1. The number of hydrogen-bond acceptors (Lipinski definition) is 6. The number of benzene rings is 1. The van der Waals surface area contributed by atoms with Gasteiger partial charge in [-0.25, -0.2) is 4.98 Å². The maximum Gasteiger partial charge on any atom is 0.242 e. The van der Waals surface area contributed by atoms with E-state index in [1.165, 1.54) is 11.3 Å². The highest BCUT2D eigenvalue weighted by atomic mass is 32.1. The van der Waals surface area contributed by atoms with E-state index in [1.807, 2.05) is 51.2 Å². The number of imidazole rings is 1. The zero-order valence-corrected chi connectivity index (χ0v) is 21.0. The zero-order valence-electron chi connectivity index (χ0n) is 20.2. The number of nitrogens with one attached hydrogen (secondary N) is 1. The molecule has 8 nitrogen and oxygen atoms in total. The topological polar surface area (TPSA) is 100 Å². The molecule has 9 heteroatoms. The van der Waals surface area contributed by atoms with Gasteiger partial charge in [-0.3, -0.25) is 9.59 Å². The van der Waals surface area contributed by atoms with Gasteiger partial charge in [0.1, 0.15) is 23.4 Å². The quantitative estimate of drug-likeness (QED) is 0.508. The summed E-state index contributed by atoms with van der Waals surface area (Å²) in [5.41, 5.74) is 3.30. The molecule has 0 bridgehead atoms. The number of fused-ring (bicyclic) bond motifs is 1. The lowest BCUT2D eigenvalue weighted by atomic mass is 9.96. The molecule has 1 atom stereocenters. The van der Waals surface area contributed by atoms with Gasteiger partial charge in [-0.1, -0.05) is 25.1 Å². The number of nitriles is 1. The van der Waals surface area contributed by atoms with E-state index < -0.39 is 0 Å². The van der Waals surface area contributed by atoms with Crippen molar-refractivity contribution in [1.29, 1.82) is 5.26 Å². The van der Waals surface area contributed by atoms with Crippen LogP contribution in [0.3, 0.4) is 0 Å². The number of carbonyl (C=O) groups is 2. The summed E-state index contributed by atoms with van der Waals surface area (Å²) in [4.78, 5) is 32.6. The first kappa shape index (κ1) is 24.5. The molecule has 0 spiro atoms. The Morgan fingerprint density at radius 1 is 1.34 bits per heavy atom. The highest BCUT2D eigenvalue weighted by Crippen LogP contribution is 2.37. The average Bonchev–Trinajstić information content (AvgIpc) is 3.40. The zero-order chi connectivity index (χ0) is 24.9. The smallest absolute Gasteiger partial charge is 0.242 e. The van der Waals surface area contributed by atoms with Crippen molar-refractivity contribution < 1.29 is 14.3 Å². The van der Waals surface area contributed by atoms with E-state index in [2.05, 4.69) is 16.4 Å². The summed E-state index contributed by atoms with van der Waals surface area (Å²) < 4.78 is 7.48. The number of thiophene rings is 1. The van der Waals surface area contributed by atoms with Crippen LogP contribution in [0, 0.1) is 18.3 Å². The molecule has 1 aliphatic heterocycles. The largest absolute Gasteiger partial charge is 0.494 e. The van der Waals surface area contributed by atoms with Gasteiger partial charge in [-0.15, -0.1) is 11.3 Å². The minimum absolute atomic E-state index is 0.00679. The second-order valence-electron chi connectivity index (χ2n) is 8.70. The molecule has 0 aliphatic carbocycles. The summed E-state index contributed by atoms with van der Waals surface area (Å²) >= 11 is 1.39. The van der Waals surface area contributed by atoms with Crippen molar-refractivity contribution in [3.63, 3.8) is 0 Å². The summed E-state index contributed by atoms with van der Waals surface area (Å²) in [6, 6.07) is 10.0. The summed E-state index contributed by atoms with van der Waals surface area (Å²) in [6.45, 7) is 7.59. The summed E-state index contributed by atoms with van der Waals surface area (Å²) in [6.07, 6.45) is 4.36. The third-order valence-corrected chi connectivity index (χ3v) is 7.23. The first-order valence-corrected chi connectivity index (χ1v) is 12.5. The lowest BCUT2D eigenvalue weighted by Crippen LogP contribution is -2.37. The molecule has 1 aromatic carbocycles. The maximum absolute atomic E-state index is 12.9. The molecule has 0 saturated heterocycles. The minimum atomic E-state index is -0.151. The van der Waals surface area contributed by atoms with E-state index >= 15 is 0 Å². The Kier molecular flexibility index (Phi) is 7.51. The fraction of sp³-hybridized carbons (Fsp3) is 0.385. The molecule has 3 heterocycles. The summed E-state index contributed by atoms with van der Waals surface area (Å²) in [5, 5.41) is 13.3. The highest BCUT2D eigenvalue weighted by Gasteiger charge is 2.28. The SMILES string of the molecule is CCOc1ccccc1C(C)CC(=O)Nc1sc2c(c1C#N)CCN(C(=O)Cn1cnc(C)c1)C2. The van der Waals surface area contributed by atoms with Gasteiger partial charge in [0.05, 0.1) is 30.7 Å². The van der Waals surface area contributed by atoms with Crippen LogP contribution in [0.5, 0.6) is 5.75 Å². The van der Waals surface area contributed by atoms with Crippen LogP contribution in [0.4, 0.5) is 5.00 Å². The van der Waals surface area contributed by atoms with Crippen molar-refractivity contribution in [3.05, 3.63) is 64.1 Å². The Bertz CT molecular complexity index is 1270. The predicted molar refractivity (Wildman–Crippen MR) is 134 cm³/mol. The van der Waals surface area contributed by atoms with Crippen LogP contribution >= 0.6 is 11.3 Å². The predicted octanol–water partition coefficient (Wildman–Crippen LogP) is 4.24. The minimum Gasteiger partial charge on any atom is -0.494 e. The second kappa shape index (κ2) is 10.7. The van der Waals surface area contributed by atoms with Crippen LogP contribution in [0.25, 0.3) is 0 Å². The van der Waals surface area contributed by atoms with Gasteiger partial charge in [0.2, 0.25) is 11.8 Å². The van der Waals surface area contributed by atoms with Crippen LogP contribution in [0.15, 0.2) is 36.8 Å². The van der Waals surface area contributed by atoms with Gasteiger partial charge in [-0.05, 0) is 43.4 Å². The Balaban J connectivity index is 1.43. The molecular formula is C26H29N5O3S. The Morgan fingerprint density at radius 3 is 2.86 bits per heavy atom. The Hall–Kier alpha value is -3.64. The highest BCUT2D eigenvalue weighted by molar-refractivity contribution is 7.16. The molecule has 3 aromatic rings. The van der Waals surface area contributed by atoms with Crippen molar-refractivity contribution in [3.8, 4) is 11.8 Å². The summed E-state index contributed by atoms with van der Waals surface area (Å²) in [5.74, 6) is 0.600. The van der Waals surface area contributed by atoms with Gasteiger partial charge in [-0.2, -0.15) is 5.26 Å². The van der Waals surface area contributed by atoms with Crippen LogP contribution in [0.2, 0.25) is 0 Å². The van der Waals surface area contributed by atoms with E-state index in [0.29, 0.717) is 36.7 Å². The van der Waals surface area contributed by atoms with E-state index in [-0.39, 0.29) is 30.7 Å². The maximum atomic E-state index is 12.9. The number of aryl methyl sites for hydroxylation is 1. The second-order valence-corrected chi connectivity index (χ2v) is 9.80. The third-order valence-electron chi connectivity index (χ3n) is 6.10. The molecule has 0 fully saturated rings. The van der Waals surface area contributed by atoms with Gasteiger partial charge < -0.3 is 19.5 Å². The Labute approximate surface area is 209 Å². The molecule has 1 unspecified atom stereocenters. The van der Waals surface area contributed by atoms with Gasteiger partial charge in [0.15, 0.2) is 0 Å². The molecule has 1 N–H and O–H groups in total. The van der Waals surface area contributed by atoms with Crippen molar-refractivity contribution in [2.45, 2.75) is 52.6 Å². The molecule has 2 aromatic heterocycles. The van der Waals surface area contributed by atoms with Crippen LogP contribution in [-0.4, -0.2) is 39.4 Å². The number of amides is 2.